The molecule has 1 N–H and O–H groups in total. The SMILES string of the molecule is O=C(CN1C(=O)CC1[S+]([O-])Cc1ccccc1)NCCC=CCCc1ccccc1. The lowest BCUT2D eigenvalue weighted by Gasteiger charge is -2.39. The van der Waals surface area contributed by atoms with Gasteiger partial charge in [0.2, 0.25) is 11.8 Å². The first kappa shape index (κ1) is 22.1. The zero-order chi connectivity index (χ0) is 21.2. The van der Waals surface area contributed by atoms with Crippen molar-refractivity contribution in [1.82, 2.24) is 10.2 Å². The topological polar surface area (TPSA) is 72.5 Å². The molecule has 0 aromatic heterocycles. The molecular weight excluding hydrogens is 396 g/mol. The number of benzene rings is 2. The van der Waals surface area contributed by atoms with E-state index in [0.29, 0.717) is 12.3 Å². The molecule has 2 amide bonds. The minimum Gasteiger partial charge on any atom is -0.614 e. The Labute approximate surface area is 181 Å². The van der Waals surface area contributed by atoms with Crippen LogP contribution in [-0.2, 0) is 32.9 Å². The second-order valence-corrected chi connectivity index (χ2v) is 8.92. The summed E-state index contributed by atoms with van der Waals surface area (Å²) in [6.07, 6.45) is 7.16. The number of β-lactam (4-membered cyclic amide) rings is 1. The van der Waals surface area contributed by atoms with Crippen LogP contribution in [-0.4, -0.2) is 39.7 Å². The lowest BCUT2D eigenvalue weighted by Crippen LogP contribution is -2.59. The first-order valence-electron chi connectivity index (χ1n) is 10.3. The van der Waals surface area contributed by atoms with Crippen molar-refractivity contribution in [3.8, 4) is 0 Å². The molecule has 3 rings (SSSR count). The van der Waals surface area contributed by atoms with Gasteiger partial charge in [-0.3, -0.25) is 14.5 Å². The minimum absolute atomic E-state index is 0.0260. The highest BCUT2D eigenvalue weighted by Crippen LogP contribution is 2.26. The lowest BCUT2D eigenvalue weighted by molar-refractivity contribution is -0.145. The zero-order valence-electron chi connectivity index (χ0n) is 17.0. The molecule has 2 aromatic rings. The largest absolute Gasteiger partial charge is 0.614 e. The first-order chi connectivity index (χ1) is 14.6. The molecule has 5 nitrogen and oxygen atoms in total. The van der Waals surface area contributed by atoms with Gasteiger partial charge in [0.1, 0.15) is 12.3 Å². The standard InChI is InChI=1S/C24H28N2O3S/c27-22(25-16-10-2-1-5-11-20-12-6-3-7-13-20)18-26-23(28)17-24(26)30(29)19-21-14-8-4-9-15-21/h1-4,6-9,12-15,24H,5,10-11,16-19H2,(H,25,27). The van der Waals surface area contributed by atoms with Crippen LogP contribution < -0.4 is 5.32 Å². The molecule has 158 valence electrons. The van der Waals surface area contributed by atoms with Crippen molar-refractivity contribution in [2.45, 2.75) is 36.8 Å². The monoisotopic (exact) mass is 424 g/mol. The number of likely N-dealkylation sites (tertiary alicyclic amines) is 1. The van der Waals surface area contributed by atoms with Crippen LogP contribution in [0.5, 0.6) is 0 Å². The molecule has 2 unspecified atom stereocenters. The van der Waals surface area contributed by atoms with E-state index in [2.05, 4.69) is 29.6 Å². The van der Waals surface area contributed by atoms with E-state index in [1.807, 2.05) is 48.5 Å². The van der Waals surface area contributed by atoms with Crippen molar-refractivity contribution in [1.29, 1.82) is 0 Å². The van der Waals surface area contributed by atoms with E-state index in [4.69, 9.17) is 0 Å². The van der Waals surface area contributed by atoms with Crippen LogP contribution in [0, 0.1) is 0 Å². The van der Waals surface area contributed by atoms with Gasteiger partial charge >= 0.3 is 0 Å². The Morgan fingerprint density at radius 1 is 1.03 bits per heavy atom. The van der Waals surface area contributed by atoms with Gasteiger partial charge < -0.3 is 9.87 Å². The van der Waals surface area contributed by atoms with E-state index >= 15 is 0 Å². The van der Waals surface area contributed by atoms with Gasteiger partial charge in [-0.05, 0) is 36.0 Å². The first-order valence-corrected chi connectivity index (χ1v) is 11.7. The van der Waals surface area contributed by atoms with Crippen molar-refractivity contribution in [3.63, 3.8) is 0 Å². The third kappa shape index (κ3) is 6.75. The summed E-state index contributed by atoms with van der Waals surface area (Å²) in [6.45, 7) is 0.502. The maximum atomic E-state index is 12.6. The van der Waals surface area contributed by atoms with E-state index in [1.54, 1.807) is 0 Å². The molecule has 2 aromatic carbocycles. The summed E-state index contributed by atoms with van der Waals surface area (Å²) in [5, 5.41) is 2.46. The number of carbonyl (C=O) groups excluding carboxylic acids is 2. The van der Waals surface area contributed by atoms with Gasteiger partial charge in [-0.25, -0.2) is 0 Å². The fourth-order valence-corrected chi connectivity index (χ4v) is 4.84. The minimum atomic E-state index is -1.21. The van der Waals surface area contributed by atoms with Crippen LogP contribution in [0.1, 0.15) is 30.4 Å². The maximum absolute atomic E-state index is 12.6. The summed E-state index contributed by atoms with van der Waals surface area (Å²) < 4.78 is 12.6. The van der Waals surface area contributed by atoms with Crippen molar-refractivity contribution in [2.24, 2.45) is 0 Å². The molecule has 0 saturated carbocycles. The number of nitrogens with one attached hydrogen (secondary N) is 1. The highest BCUT2D eigenvalue weighted by Gasteiger charge is 2.45. The lowest BCUT2D eigenvalue weighted by atomic mass is 10.1. The zero-order valence-corrected chi connectivity index (χ0v) is 17.9. The summed E-state index contributed by atoms with van der Waals surface area (Å²) in [7, 11) is 0. The molecule has 0 radical (unpaired) electrons. The third-order valence-corrected chi connectivity index (χ3v) is 6.67. The van der Waals surface area contributed by atoms with Crippen LogP contribution in [0.15, 0.2) is 72.8 Å². The van der Waals surface area contributed by atoms with E-state index in [0.717, 1.165) is 24.8 Å². The fraction of sp³-hybridized carbons (Fsp3) is 0.333. The van der Waals surface area contributed by atoms with Gasteiger partial charge in [0, 0.05) is 12.1 Å². The average molecular weight is 425 g/mol. The Morgan fingerprint density at radius 3 is 2.33 bits per heavy atom. The molecule has 1 aliphatic rings. The van der Waals surface area contributed by atoms with Crippen LogP contribution in [0.3, 0.4) is 0 Å². The number of allylic oxidation sites excluding steroid dienone is 1. The van der Waals surface area contributed by atoms with Crippen LogP contribution in [0.4, 0.5) is 0 Å². The molecule has 6 heteroatoms. The second-order valence-electron chi connectivity index (χ2n) is 7.33. The molecule has 0 spiro atoms. The maximum Gasteiger partial charge on any atom is 0.239 e. The summed E-state index contributed by atoms with van der Waals surface area (Å²) in [4.78, 5) is 25.5. The molecule has 1 saturated heterocycles. The Bertz CT molecular complexity index is 842. The van der Waals surface area contributed by atoms with E-state index in [9.17, 15) is 14.1 Å². The molecule has 2 atom stereocenters. The molecular formula is C24H28N2O3S. The van der Waals surface area contributed by atoms with Crippen molar-refractivity contribution >= 4 is 23.0 Å². The molecule has 1 heterocycles. The Morgan fingerprint density at radius 2 is 1.67 bits per heavy atom. The van der Waals surface area contributed by atoms with E-state index in [-0.39, 0.29) is 30.2 Å². The quantitative estimate of drug-likeness (QED) is 0.261. The van der Waals surface area contributed by atoms with Crippen molar-refractivity contribution < 1.29 is 14.1 Å². The Hall–Kier alpha value is -2.57. The molecule has 1 fully saturated rings. The van der Waals surface area contributed by atoms with Gasteiger partial charge in [-0.15, -0.1) is 0 Å². The third-order valence-electron chi connectivity index (χ3n) is 5.03. The number of nitrogens with zero attached hydrogens (tertiary/aromatic N) is 1. The molecule has 0 bridgehead atoms. The highest BCUT2D eigenvalue weighted by molar-refractivity contribution is 7.91. The van der Waals surface area contributed by atoms with Gasteiger partial charge in [0.05, 0.1) is 6.42 Å². The molecule has 0 aliphatic carbocycles. The van der Waals surface area contributed by atoms with Crippen molar-refractivity contribution in [3.05, 3.63) is 83.9 Å². The van der Waals surface area contributed by atoms with Gasteiger partial charge in [0.25, 0.3) is 0 Å². The smallest absolute Gasteiger partial charge is 0.239 e. The van der Waals surface area contributed by atoms with E-state index < -0.39 is 11.2 Å². The van der Waals surface area contributed by atoms with Crippen LogP contribution >= 0.6 is 0 Å². The predicted molar refractivity (Wildman–Crippen MR) is 120 cm³/mol. The number of aryl methyl sites for hydroxylation is 1. The van der Waals surface area contributed by atoms with Crippen LogP contribution in [0.25, 0.3) is 0 Å². The van der Waals surface area contributed by atoms with Gasteiger partial charge in [-0.2, -0.15) is 0 Å². The number of amides is 2. The van der Waals surface area contributed by atoms with Crippen molar-refractivity contribution in [2.75, 3.05) is 13.1 Å². The van der Waals surface area contributed by atoms with Gasteiger partial charge in [-0.1, -0.05) is 72.8 Å². The Kier molecular flexibility index (Phi) is 8.53. The summed E-state index contributed by atoms with van der Waals surface area (Å²) in [6, 6.07) is 19.9. The number of rotatable bonds is 11. The van der Waals surface area contributed by atoms with E-state index in [1.165, 1.54) is 10.5 Å². The highest BCUT2D eigenvalue weighted by atomic mass is 32.2. The van der Waals surface area contributed by atoms with Crippen LogP contribution in [0.2, 0.25) is 0 Å². The summed E-state index contributed by atoms with van der Waals surface area (Å²) in [5.41, 5.74) is 2.28. The Balaban J connectivity index is 1.32. The number of hydrogen-bond donors (Lipinski definition) is 1. The normalized spacial score (nSPS) is 17.0. The summed E-state index contributed by atoms with van der Waals surface area (Å²) in [5.74, 6) is 0.0739. The fourth-order valence-electron chi connectivity index (χ4n) is 3.32. The number of carbonyl (C=O) groups is 2. The van der Waals surface area contributed by atoms with Gasteiger partial charge in [0.15, 0.2) is 5.37 Å². The predicted octanol–water partition coefficient (Wildman–Crippen LogP) is 3.19. The molecule has 1 aliphatic heterocycles. The number of hydrogen-bond acceptors (Lipinski definition) is 3. The molecule has 30 heavy (non-hydrogen) atoms. The second kappa shape index (κ2) is 11.6. The average Bonchev–Trinajstić information content (AvgIpc) is 2.76. The summed E-state index contributed by atoms with van der Waals surface area (Å²) >= 11 is -1.21.